The number of aromatic nitrogens is 1. The van der Waals surface area contributed by atoms with Gasteiger partial charge in [-0.25, -0.2) is 12.8 Å². The van der Waals surface area contributed by atoms with Crippen LogP contribution < -0.4 is 10.6 Å². The van der Waals surface area contributed by atoms with Crippen molar-refractivity contribution >= 4 is 33.2 Å². The average Bonchev–Trinajstić information content (AvgIpc) is 2.85. The van der Waals surface area contributed by atoms with Gasteiger partial charge in [0.2, 0.25) is 11.8 Å². The molecule has 1 heterocycles. The topological polar surface area (TPSA) is 118 Å². The van der Waals surface area contributed by atoms with Gasteiger partial charge in [0.25, 0.3) is 0 Å². The first-order valence-corrected chi connectivity index (χ1v) is 8.55. The maximum atomic E-state index is 12.8. The third-order valence-electron chi connectivity index (χ3n) is 2.73. The lowest BCUT2D eigenvalue weighted by Crippen LogP contribution is -2.30. The molecule has 0 radical (unpaired) electrons. The van der Waals surface area contributed by atoms with Crippen molar-refractivity contribution in [2.75, 3.05) is 22.1 Å². The fraction of sp³-hybridized carbons (Fsp3) is 0.214. The summed E-state index contributed by atoms with van der Waals surface area (Å²) >= 11 is 0. The first-order valence-electron chi connectivity index (χ1n) is 6.72. The molecular formula is C14H14FN3O5S. The lowest BCUT2D eigenvalue weighted by atomic mass is 10.3. The second kappa shape index (κ2) is 7.21. The molecule has 0 saturated carbocycles. The molecule has 8 nitrogen and oxygen atoms in total. The average molecular weight is 355 g/mol. The molecule has 2 amide bonds. The number of nitrogens with one attached hydrogen (secondary N) is 2. The summed E-state index contributed by atoms with van der Waals surface area (Å²) in [6, 6.07) is 6.25. The Hall–Kier alpha value is -2.75. The molecule has 2 rings (SSSR count). The number of hydrogen-bond donors (Lipinski definition) is 2. The van der Waals surface area contributed by atoms with Crippen molar-refractivity contribution in [3.63, 3.8) is 0 Å². The second-order valence-electron chi connectivity index (χ2n) is 4.96. The molecule has 1 aromatic heterocycles. The molecule has 2 aromatic rings. The van der Waals surface area contributed by atoms with E-state index >= 15 is 0 Å². The van der Waals surface area contributed by atoms with Gasteiger partial charge in [-0.1, -0.05) is 5.16 Å². The normalized spacial score (nSPS) is 11.1. The molecular weight excluding hydrogens is 341 g/mol. The highest BCUT2D eigenvalue weighted by Crippen LogP contribution is 2.09. The summed E-state index contributed by atoms with van der Waals surface area (Å²) in [5.41, 5.74) is 0.249. The molecule has 128 valence electrons. The molecule has 0 fully saturated rings. The van der Waals surface area contributed by atoms with E-state index in [1.54, 1.807) is 6.92 Å². The number of aryl methyl sites for hydroxylation is 1. The maximum Gasteiger partial charge on any atom is 0.240 e. The predicted octanol–water partition coefficient (Wildman–Crippen LogP) is 1.11. The van der Waals surface area contributed by atoms with Gasteiger partial charge in [-0.05, 0) is 31.2 Å². The van der Waals surface area contributed by atoms with E-state index in [9.17, 15) is 22.4 Å². The van der Waals surface area contributed by atoms with Crippen molar-refractivity contribution in [1.29, 1.82) is 0 Å². The number of sulfone groups is 1. The van der Waals surface area contributed by atoms with Crippen molar-refractivity contribution in [1.82, 2.24) is 5.16 Å². The van der Waals surface area contributed by atoms with E-state index in [1.807, 2.05) is 0 Å². The number of carbonyl (C=O) groups excluding carboxylic acids is 2. The highest BCUT2D eigenvalue weighted by Gasteiger charge is 2.21. The van der Waals surface area contributed by atoms with Crippen molar-refractivity contribution < 1.29 is 26.9 Å². The van der Waals surface area contributed by atoms with Gasteiger partial charge in [-0.2, -0.15) is 0 Å². The van der Waals surface area contributed by atoms with E-state index < -0.39 is 39.0 Å². The van der Waals surface area contributed by atoms with Crippen molar-refractivity contribution in [3.8, 4) is 0 Å². The predicted molar refractivity (Wildman–Crippen MR) is 83.6 cm³/mol. The van der Waals surface area contributed by atoms with E-state index in [2.05, 4.69) is 15.8 Å². The Balaban J connectivity index is 1.88. The smallest absolute Gasteiger partial charge is 0.240 e. The standard InChI is InChI=1S/C14H14FN3O5S/c1-9-6-12(18-23-9)17-14(20)8-24(21,22)7-13(19)16-11-4-2-10(15)3-5-11/h2-6H,7-8H2,1H3,(H,16,19)(H,17,18,20). The third-order valence-corrected chi connectivity index (χ3v) is 4.13. The van der Waals surface area contributed by atoms with Gasteiger partial charge in [0.1, 0.15) is 23.1 Å². The molecule has 24 heavy (non-hydrogen) atoms. The van der Waals surface area contributed by atoms with Crippen LogP contribution in [0.4, 0.5) is 15.9 Å². The highest BCUT2D eigenvalue weighted by molar-refractivity contribution is 7.92. The Morgan fingerprint density at radius 1 is 1.12 bits per heavy atom. The Morgan fingerprint density at radius 3 is 2.25 bits per heavy atom. The molecule has 10 heteroatoms. The van der Waals surface area contributed by atoms with Crippen LogP contribution in [0.25, 0.3) is 0 Å². The van der Waals surface area contributed by atoms with Gasteiger partial charge < -0.3 is 15.2 Å². The Morgan fingerprint density at radius 2 is 1.71 bits per heavy atom. The summed E-state index contributed by atoms with van der Waals surface area (Å²) in [7, 11) is -3.98. The summed E-state index contributed by atoms with van der Waals surface area (Å²) in [6.07, 6.45) is 0. The van der Waals surface area contributed by atoms with Crippen LogP contribution in [-0.2, 0) is 19.4 Å². The third kappa shape index (κ3) is 5.47. The number of benzene rings is 1. The maximum absolute atomic E-state index is 12.8. The van der Waals surface area contributed by atoms with Crippen LogP contribution in [-0.4, -0.2) is 36.9 Å². The van der Waals surface area contributed by atoms with Crippen LogP contribution in [0.1, 0.15) is 5.76 Å². The number of halogens is 1. The van der Waals surface area contributed by atoms with Crippen LogP contribution in [0.5, 0.6) is 0 Å². The molecule has 0 saturated heterocycles. The van der Waals surface area contributed by atoms with E-state index in [-0.39, 0.29) is 11.5 Å². The molecule has 2 N–H and O–H groups in total. The number of rotatable bonds is 6. The SMILES string of the molecule is Cc1cc(NC(=O)CS(=O)(=O)CC(=O)Nc2ccc(F)cc2)no1. The summed E-state index contributed by atoms with van der Waals surface area (Å²) in [6.45, 7) is 1.61. The number of hydrogen-bond acceptors (Lipinski definition) is 6. The van der Waals surface area contributed by atoms with Crippen molar-refractivity contribution in [2.45, 2.75) is 6.92 Å². The van der Waals surface area contributed by atoms with Gasteiger partial charge >= 0.3 is 0 Å². The lowest BCUT2D eigenvalue weighted by molar-refractivity contribution is -0.114. The van der Waals surface area contributed by atoms with E-state index in [1.165, 1.54) is 18.2 Å². The molecule has 0 bridgehead atoms. The zero-order chi connectivity index (χ0) is 17.7. The lowest BCUT2D eigenvalue weighted by Gasteiger charge is -2.06. The minimum absolute atomic E-state index is 0.0865. The zero-order valence-electron chi connectivity index (χ0n) is 12.6. The first-order chi connectivity index (χ1) is 11.2. The fourth-order valence-electron chi connectivity index (χ4n) is 1.79. The summed E-state index contributed by atoms with van der Waals surface area (Å²) in [5.74, 6) is -3.37. The first kappa shape index (κ1) is 17.6. The molecule has 0 aliphatic carbocycles. The summed E-state index contributed by atoms with van der Waals surface area (Å²) < 4.78 is 41.2. The summed E-state index contributed by atoms with van der Waals surface area (Å²) in [4.78, 5) is 23.4. The van der Waals surface area contributed by atoms with Crippen molar-refractivity contribution in [3.05, 3.63) is 41.9 Å². The fourth-order valence-corrected chi connectivity index (χ4v) is 2.83. The van der Waals surface area contributed by atoms with Gasteiger partial charge in [-0.15, -0.1) is 0 Å². The van der Waals surface area contributed by atoms with Gasteiger partial charge in [0.15, 0.2) is 15.7 Å². The van der Waals surface area contributed by atoms with E-state index in [0.717, 1.165) is 12.1 Å². The van der Waals surface area contributed by atoms with Gasteiger partial charge in [0, 0.05) is 11.8 Å². The largest absolute Gasteiger partial charge is 0.360 e. The Bertz CT molecular complexity index is 846. The number of amides is 2. The minimum atomic E-state index is -3.98. The molecule has 0 unspecified atom stereocenters. The number of anilines is 2. The molecule has 0 spiro atoms. The summed E-state index contributed by atoms with van der Waals surface area (Å²) in [5, 5.41) is 8.06. The monoisotopic (exact) mass is 355 g/mol. The Kier molecular flexibility index (Phi) is 5.29. The van der Waals surface area contributed by atoms with Crippen LogP contribution >= 0.6 is 0 Å². The number of carbonyl (C=O) groups is 2. The zero-order valence-corrected chi connectivity index (χ0v) is 13.4. The van der Waals surface area contributed by atoms with Crippen LogP contribution in [0.15, 0.2) is 34.9 Å². The molecule has 1 aromatic carbocycles. The molecule has 0 aliphatic rings. The van der Waals surface area contributed by atoms with Crippen LogP contribution in [0.2, 0.25) is 0 Å². The van der Waals surface area contributed by atoms with E-state index in [0.29, 0.717) is 5.76 Å². The second-order valence-corrected chi connectivity index (χ2v) is 7.02. The van der Waals surface area contributed by atoms with Crippen molar-refractivity contribution in [2.24, 2.45) is 0 Å². The molecule has 0 atom stereocenters. The molecule has 0 aliphatic heterocycles. The number of nitrogens with zero attached hydrogens (tertiary/aromatic N) is 1. The van der Waals surface area contributed by atoms with Gasteiger partial charge in [0.05, 0.1) is 0 Å². The quantitative estimate of drug-likeness (QED) is 0.801. The minimum Gasteiger partial charge on any atom is -0.360 e. The Labute approximate surface area is 136 Å². The highest BCUT2D eigenvalue weighted by atomic mass is 32.2. The van der Waals surface area contributed by atoms with Crippen LogP contribution in [0.3, 0.4) is 0 Å². The van der Waals surface area contributed by atoms with Crippen LogP contribution in [0, 0.1) is 12.7 Å². The van der Waals surface area contributed by atoms with E-state index in [4.69, 9.17) is 4.52 Å². The van der Waals surface area contributed by atoms with Gasteiger partial charge in [-0.3, -0.25) is 9.59 Å².